The summed E-state index contributed by atoms with van der Waals surface area (Å²) in [5.74, 6) is 1.29. The molecule has 2 fully saturated rings. The third-order valence-electron chi connectivity index (χ3n) is 7.12. The van der Waals surface area contributed by atoms with E-state index in [4.69, 9.17) is 0 Å². The Morgan fingerprint density at radius 2 is 1.65 bits per heavy atom. The Bertz CT molecular complexity index is 690. The highest BCUT2D eigenvalue weighted by Crippen LogP contribution is 2.27. The molecule has 2 saturated heterocycles. The van der Waals surface area contributed by atoms with Crippen molar-refractivity contribution in [2.75, 3.05) is 32.7 Å². The lowest BCUT2D eigenvalue weighted by Crippen LogP contribution is -2.50. The van der Waals surface area contributed by atoms with E-state index in [2.05, 4.69) is 48.0 Å². The lowest BCUT2D eigenvalue weighted by molar-refractivity contribution is -0.135. The van der Waals surface area contributed by atoms with Crippen molar-refractivity contribution in [3.8, 4) is 0 Å². The zero-order valence-electron chi connectivity index (χ0n) is 19.7. The van der Waals surface area contributed by atoms with Crippen molar-refractivity contribution in [2.45, 2.75) is 71.3 Å². The number of carbonyl (C=O) groups excluding carboxylic acids is 2. The highest BCUT2D eigenvalue weighted by molar-refractivity contribution is 5.83. The summed E-state index contributed by atoms with van der Waals surface area (Å²) in [5.41, 5.74) is 1.13. The van der Waals surface area contributed by atoms with Crippen LogP contribution < -0.4 is 5.32 Å². The van der Waals surface area contributed by atoms with Gasteiger partial charge in [-0.3, -0.25) is 9.59 Å². The molecule has 3 rings (SSSR count). The molecule has 0 radical (unpaired) electrons. The number of piperidine rings is 2. The highest BCUT2D eigenvalue weighted by atomic mass is 16.2. The van der Waals surface area contributed by atoms with E-state index in [1.807, 2.05) is 18.2 Å². The van der Waals surface area contributed by atoms with E-state index in [0.717, 1.165) is 76.8 Å². The fraction of sp³-hybridized carbons (Fsp3) is 0.692. The zero-order chi connectivity index (χ0) is 22.2. The van der Waals surface area contributed by atoms with Crippen LogP contribution in [0.5, 0.6) is 0 Å². The lowest BCUT2D eigenvalue weighted by Gasteiger charge is -2.42. The molecule has 5 heteroatoms. The molecule has 2 aliphatic heterocycles. The van der Waals surface area contributed by atoms with Crippen LogP contribution in [-0.4, -0.2) is 60.4 Å². The minimum atomic E-state index is -0.0253. The molecule has 1 aromatic carbocycles. The Morgan fingerprint density at radius 3 is 2.23 bits per heavy atom. The van der Waals surface area contributed by atoms with E-state index >= 15 is 0 Å². The number of nitrogens with zero attached hydrogens (tertiary/aromatic N) is 2. The van der Waals surface area contributed by atoms with Gasteiger partial charge in [-0.2, -0.15) is 0 Å². The summed E-state index contributed by atoms with van der Waals surface area (Å²) in [6, 6.07) is 10.7. The summed E-state index contributed by atoms with van der Waals surface area (Å²) in [5, 5.41) is 3.12. The standard InChI is InChI=1S/C26H41N3O2/c1-4-24(21-8-6-5-7-9-21)26(31)29-18-13-23(14-19-29)28-16-11-22(12-17-28)25(30)27-15-10-20(2)3/h5-9,20,22-24H,4,10-19H2,1-3H3,(H,27,30). The van der Waals surface area contributed by atoms with Gasteiger partial charge in [0, 0.05) is 31.6 Å². The summed E-state index contributed by atoms with van der Waals surface area (Å²) in [7, 11) is 0. The van der Waals surface area contributed by atoms with Crippen LogP contribution in [0.4, 0.5) is 0 Å². The Morgan fingerprint density at radius 1 is 1.00 bits per heavy atom. The van der Waals surface area contributed by atoms with Crippen molar-refractivity contribution in [1.29, 1.82) is 0 Å². The second-order valence-electron chi connectivity index (χ2n) is 9.71. The smallest absolute Gasteiger partial charge is 0.230 e. The maximum atomic E-state index is 13.1. The number of amides is 2. The van der Waals surface area contributed by atoms with Gasteiger partial charge in [0.1, 0.15) is 0 Å². The van der Waals surface area contributed by atoms with E-state index in [9.17, 15) is 9.59 Å². The van der Waals surface area contributed by atoms with Crippen LogP contribution in [-0.2, 0) is 9.59 Å². The predicted octanol–water partition coefficient (Wildman–Crippen LogP) is 4.05. The maximum Gasteiger partial charge on any atom is 0.230 e. The van der Waals surface area contributed by atoms with Crippen molar-refractivity contribution in [1.82, 2.24) is 15.1 Å². The predicted molar refractivity (Wildman–Crippen MR) is 126 cm³/mol. The molecule has 5 nitrogen and oxygen atoms in total. The molecule has 1 atom stereocenters. The third kappa shape index (κ3) is 6.55. The van der Waals surface area contributed by atoms with Crippen LogP contribution >= 0.6 is 0 Å². The summed E-state index contributed by atoms with van der Waals surface area (Å²) in [4.78, 5) is 30.2. The molecule has 1 N–H and O–H groups in total. The molecule has 31 heavy (non-hydrogen) atoms. The number of benzene rings is 1. The van der Waals surface area contributed by atoms with Gasteiger partial charge in [-0.05, 0) is 63.1 Å². The molecule has 0 saturated carbocycles. The molecule has 1 aromatic rings. The van der Waals surface area contributed by atoms with Crippen molar-refractivity contribution in [3.63, 3.8) is 0 Å². The first-order valence-electron chi connectivity index (χ1n) is 12.3. The Kier molecular flexibility index (Phi) is 8.94. The molecular weight excluding hydrogens is 386 g/mol. The molecular formula is C26H41N3O2. The topological polar surface area (TPSA) is 52.7 Å². The summed E-state index contributed by atoms with van der Waals surface area (Å²) in [6.07, 6.45) is 5.89. The zero-order valence-corrected chi connectivity index (χ0v) is 19.7. The number of rotatable bonds is 8. The maximum absolute atomic E-state index is 13.1. The monoisotopic (exact) mass is 427 g/mol. The number of carbonyl (C=O) groups is 2. The average molecular weight is 428 g/mol. The molecule has 0 aliphatic carbocycles. The minimum absolute atomic E-state index is 0.0253. The van der Waals surface area contributed by atoms with Crippen molar-refractivity contribution >= 4 is 11.8 Å². The van der Waals surface area contributed by atoms with Crippen LogP contribution in [0, 0.1) is 11.8 Å². The van der Waals surface area contributed by atoms with E-state index in [0.29, 0.717) is 12.0 Å². The van der Waals surface area contributed by atoms with Crippen molar-refractivity contribution in [3.05, 3.63) is 35.9 Å². The third-order valence-corrected chi connectivity index (χ3v) is 7.12. The van der Waals surface area contributed by atoms with E-state index in [1.165, 1.54) is 0 Å². The first-order valence-corrected chi connectivity index (χ1v) is 12.3. The minimum Gasteiger partial charge on any atom is -0.356 e. The Balaban J connectivity index is 1.42. The second-order valence-corrected chi connectivity index (χ2v) is 9.71. The summed E-state index contributed by atoms with van der Waals surface area (Å²) >= 11 is 0. The van der Waals surface area contributed by atoms with Crippen LogP contribution in [0.25, 0.3) is 0 Å². The van der Waals surface area contributed by atoms with Gasteiger partial charge in [0.05, 0.1) is 5.92 Å². The largest absolute Gasteiger partial charge is 0.356 e. The molecule has 2 aliphatic rings. The lowest BCUT2D eigenvalue weighted by atomic mass is 9.91. The van der Waals surface area contributed by atoms with Crippen LogP contribution in [0.1, 0.15) is 70.8 Å². The molecule has 0 spiro atoms. The van der Waals surface area contributed by atoms with Gasteiger partial charge in [-0.25, -0.2) is 0 Å². The highest BCUT2D eigenvalue weighted by Gasteiger charge is 2.33. The summed E-state index contributed by atoms with van der Waals surface area (Å²) in [6.45, 7) is 11.0. The summed E-state index contributed by atoms with van der Waals surface area (Å²) < 4.78 is 0. The first-order chi connectivity index (χ1) is 15.0. The number of hydrogen-bond donors (Lipinski definition) is 1. The van der Waals surface area contributed by atoms with Crippen LogP contribution in [0.2, 0.25) is 0 Å². The average Bonchev–Trinajstić information content (AvgIpc) is 2.80. The molecule has 172 valence electrons. The van der Waals surface area contributed by atoms with Gasteiger partial charge in [-0.1, -0.05) is 51.1 Å². The SMILES string of the molecule is CCC(C(=O)N1CCC(N2CCC(C(=O)NCCC(C)C)CC2)CC1)c1ccccc1. The number of hydrogen-bond acceptors (Lipinski definition) is 3. The second kappa shape index (κ2) is 11.7. The fourth-order valence-corrected chi connectivity index (χ4v) is 5.07. The first kappa shape index (κ1) is 23.8. The van der Waals surface area contributed by atoms with E-state index in [1.54, 1.807) is 0 Å². The van der Waals surface area contributed by atoms with Gasteiger partial charge in [-0.15, -0.1) is 0 Å². The van der Waals surface area contributed by atoms with Gasteiger partial charge in [0.25, 0.3) is 0 Å². The van der Waals surface area contributed by atoms with Crippen molar-refractivity contribution < 1.29 is 9.59 Å². The molecule has 0 bridgehead atoms. The van der Waals surface area contributed by atoms with Crippen molar-refractivity contribution in [2.24, 2.45) is 11.8 Å². The molecule has 2 heterocycles. The quantitative estimate of drug-likeness (QED) is 0.681. The number of likely N-dealkylation sites (tertiary alicyclic amines) is 2. The normalized spacial score (nSPS) is 20.1. The molecule has 1 unspecified atom stereocenters. The van der Waals surface area contributed by atoms with E-state index < -0.39 is 0 Å². The Labute approximate surface area is 188 Å². The Hall–Kier alpha value is -1.88. The fourth-order valence-electron chi connectivity index (χ4n) is 5.07. The molecule has 0 aromatic heterocycles. The van der Waals surface area contributed by atoms with Crippen LogP contribution in [0.3, 0.4) is 0 Å². The van der Waals surface area contributed by atoms with Gasteiger partial charge < -0.3 is 15.1 Å². The number of nitrogens with one attached hydrogen (secondary N) is 1. The van der Waals surface area contributed by atoms with E-state index in [-0.39, 0.29) is 23.7 Å². The van der Waals surface area contributed by atoms with Gasteiger partial charge in [0.15, 0.2) is 0 Å². The molecule has 2 amide bonds. The van der Waals surface area contributed by atoms with Crippen LogP contribution in [0.15, 0.2) is 30.3 Å². The van der Waals surface area contributed by atoms with Gasteiger partial charge in [0.2, 0.25) is 11.8 Å². The van der Waals surface area contributed by atoms with Gasteiger partial charge >= 0.3 is 0 Å².